The lowest BCUT2D eigenvalue weighted by Gasteiger charge is -2.10. The van der Waals surface area contributed by atoms with Crippen LogP contribution in [0.5, 0.6) is 5.75 Å². The molecule has 0 saturated heterocycles. The van der Waals surface area contributed by atoms with Crippen molar-refractivity contribution in [2.24, 2.45) is 0 Å². The summed E-state index contributed by atoms with van der Waals surface area (Å²) >= 11 is 1.04. The molecule has 0 heterocycles. The number of nitrogen functional groups attached to an aromatic ring is 1. The summed E-state index contributed by atoms with van der Waals surface area (Å²) in [5.41, 5.74) is 5.86. The third kappa shape index (κ3) is 2.41. The van der Waals surface area contributed by atoms with Crippen LogP contribution in [0.4, 0.5) is 14.5 Å². The Hall–Kier alpha value is -1.75. The molecule has 0 aliphatic heterocycles. The fraction of sp³-hybridized carbons (Fsp3) is 0.0769. The van der Waals surface area contributed by atoms with E-state index in [2.05, 4.69) is 0 Å². The van der Waals surface area contributed by atoms with Crippen LogP contribution in [-0.4, -0.2) is 7.11 Å². The number of para-hydroxylation sites is 1. The molecular weight excluding hydrogens is 256 g/mol. The molecule has 0 spiro atoms. The van der Waals surface area contributed by atoms with Crippen molar-refractivity contribution in [2.75, 3.05) is 12.8 Å². The second kappa shape index (κ2) is 5.27. The minimum Gasteiger partial charge on any atom is -0.496 e. The molecule has 0 bridgehead atoms. The summed E-state index contributed by atoms with van der Waals surface area (Å²) in [5, 5.41) is 0. The zero-order valence-electron chi connectivity index (χ0n) is 9.61. The highest BCUT2D eigenvalue weighted by molar-refractivity contribution is 7.99. The lowest BCUT2D eigenvalue weighted by molar-refractivity contribution is 0.405. The van der Waals surface area contributed by atoms with Gasteiger partial charge in [0.2, 0.25) is 0 Å². The Balaban J connectivity index is 2.43. The van der Waals surface area contributed by atoms with Gasteiger partial charge in [0.1, 0.15) is 5.75 Å². The first kappa shape index (κ1) is 12.7. The van der Waals surface area contributed by atoms with Crippen LogP contribution in [0.1, 0.15) is 0 Å². The number of nitrogens with two attached hydrogens (primary N) is 1. The predicted octanol–water partition coefficient (Wildman–Crippen LogP) is 3.71. The number of hydrogen-bond acceptors (Lipinski definition) is 3. The van der Waals surface area contributed by atoms with Crippen LogP contribution in [0.3, 0.4) is 0 Å². The summed E-state index contributed by atoms with van der Waals surface area (Å²) in [6.45, 7) is 0. The molecule has 0 atom stereocenters. The molecular formula is C13H11F2NOS. The van der Waals surface area contributed by atoms with E-state index in [1.54, 1.807) is 24.3 Å². The smallest absolute Gasteiger partial charge is 0.174 e. The van der Waals surface area contributed by atoms with Crippen LogP contribution in [0, 0.1) is 11.6 Å². The van der Waals surface area contributed by atoms with Gasteiger partial charge in [0.05, 0.1) is 16.9 Å². The number of ether oxygens (including phenoxy) is 1. The molecule has 0 unspecified atom stereocenters. The zero-order chi connectivity index (χ0) is 13.1. The van der Waals surface area contributed by atoms with Crippen molar-refractivity contribution in [3.8, 4) is 5.75 Å². The van der Waals surface area contributed by atoms with Gasteiger partial charge in [-0.1, -0.05) is 23.9 Å². The van der Waals surface area contributed by atoms with E-state index in [4.69, 9.17) is 10.5 Å². The molecule has 2 aromatic carbocycles. The molecule has 18 heavy (non-hydrogen) atoms. The van der Waals surface area contributed by atoms with E-state index >= 15 is 0 Å². The fourth-order valence-corrected chi connectivity index (χ4v) is 2.46. The molecule has 0 fully saturated rings. The van der Waals surface area contributed by atoms with Crippen molar-refractivity contribution in [3.05, 3.63) is 48.0 Å². The Labute approximate surface area is 108 Å². The first-order valence-electron chi connectivity index (χ1n) is 5.18. The maximum atomic E-state index is 13.7. The summed E-state index contributed by atoms with van der Waals surface area (Å²) in [5.74, 6) is -1.27. The van der Waals surface area contributed by atoms with E-state index in [1.807, 2.05) is 0 Å². The molecule has 0 aromatic heterocycles. The Morgan fingerprint density at radius 2 is 1.83 bits per heavy atom. The SMILES string of the molecule is COc1ccccc1Sc1c(N)ccc(F)c1F. The topological polar surface area (TPSA) is 35.2 Å². The van der Waals surface area contributed by atoms with E-state index < -0.39 is 11.6 Å². The Morgan fingerprint density at radius 1 is 1.11 bits per heavy atom. The summed E-state index contributed by atoms with van der Waals surface area (Å²) in [6, 6.07) is 9.45. The van der Waals surface area contributed by atoms with E-state index in [1.165, 1.54) is 13.2 Å². The number of halogens is 2. The van der Waals surface area contributed by atoms with Crippen LogP contribution in [0.25, 0.3) is 0 Å². The van der Waals surface area contributed by atoms with Gasteiger partial charge >= 0.3 is 0 Å². The number of rotatable bonds is 3. The van der Waals surface area contributed by atoms with E-state index in [-0.39, 0.29) is 10.6 Å². The Bertz CT molecular complexity index is 575. The summed E-state index contributed by atoms with van der Waals surface area (Å²) < 4.78 is 32.0. The summed E-state index contributed by atoms with van der Waals surface area (Å²) in [6.07, 6.45) is 0. The van der Waals surface area contributed by atoms with E-state index in [9.17, 15) is 8.78 Å². The predicted molar refractivity (Wildman–Crippen MR) is 67.9 cm³/mol. The fourth-order valence-electron chi connectivity index (χ4n) is 1.46. The molecule has 2 aromatic rings. The maximum absolute atomic E-state index is 13.7. The first-order chi connectivity index (χ1) is 8.63. The van der Waals surface area contributed by atoms with Gasteiger partial charge in [0.25, 0.3) is 0 Å². The minimum absolute atomic E-state index is 0.0690. The lowest BCUT2D eigenvalue weighted by atomic mass is 10.3. The van der Waals surface area contributed by atoms with Crippen molar-refractivity contribution < 1.29 is 13.5 Å². The quantitative estimate of drug-likeness (QED) is 0.861. The molecule has 0 radical (unpaired) electrons. The third-order valence-corrected chi connectivity index (χ3v) is 3.54. The van der Waals surface area contributed by atoms with Crippen LogP contribution in [-0.2, 0) is 0 Å². The van der Waals surface area contributed by atoms with Gasteiger partial charge in [-0.05, 0) is 24.3 Å². The second-order valence-electron chi connectivity index (χ2n) is 3.53. The first-order valence-corrected chi connectivity index (χ1v) is 5.99. The largest absolute Gasteiger partial charge is 0.496 e. The highest BCUT2D eigenvalue weighted by Gasteiger charge is 2.15. The van der Waals surface area contributed by atoms with Crippen molar-refractivity contribution >= 4 is 17.4 Å². The van der Waals surface area contributed by atoms with Gasteiger partial charge in [-0.3, -0.25) is 0 Å². The molecule has 2 rings (SSSR count). The Kier molecular flexibility index (Phi) is 3.72. The average Bonchev–Trinajstić information content (AvgIpc) is 2.39. The van der Waals surface area contributed by atoms with Gasteiger partial charge < -0.3 is 10.5 Å². The lowest BCUT2D eigenvalue weighted by Crippen LogP contribution is -1.95. The number of benzene rings is 2. The van der Waals surface area contributed by atoms with Gasteiger partial charge in [-0.25, -0.2) is 8.78 Å². The monoisotopic (exact) mass is 267 g/mol. The number of anilines is 1. The summed E-state index contributed by atoms with van der Waals surface area (Å²) in [4.78, 5) is 0.746. The highest BCUT2D eigenvalue weighted by atomic mass is 32.2. The molecule has 2 N–H and O–H groups in total. The van der Waals surface area contributed by atoms with Crippen molar-refractivity contribution in [2.45, 2.75) is 9.79 Å². The van der Waals surface area contributed by atoms with Crippen molar-refractivity contribution in [3.63, 3.8) is 0 Å². The standard InChI is InChI=1S/C13H11F2NOS/c1-17-10-4-2-3-5-11(10)18-13-9(16)7-6-8(14)12(13)15/h2-7H,16H2,1H3. The zero-order valence-corrected chi connectivity index (χ0v) is 10.4. The molecule has 0 saturated carbocycles. The summed E-state index contributed by atoms with van der Waals surface area (Å²) in [7, 11) is 1.52. The maximum Gasteiger partial charge on any atom is 0.174 e. The Morgan fingerprint density at radius 3 is 2.56 bits per heavy atom. The van der Waals surface area contributed by atoms with Gasteiger partial charge in [-0.2, -0.15) is 0 Å². The highest BCUT2D eigenvalue weighted by Crippen LogP contribution is 2.39. The van der Waals surface area contributed by atoms with Gasteiger partial charge in [0, 0.05) is 5.69 Å². The van der Waals surface area contributed by atoms with Crippen LogP contribution >= 0.6 is 11.8 Å². The third-order valence-electron chi connectivity index (χ3n) is 2.36. The molecule has 2 nitrogen and oxygen atoms in total. The van der Waals surface area contributed by atoms with Gasteiger partial charge in [-0.15, -0.1) is 0 Å². The molecule has 0 aliphatic carbocycles. The van der Waals surface area contributed by atoms with Crippen LogP contribution in [0.2, 0.25) is 0 Å². The second-order valence-corrected chi connectivity index (χ2v) is 4.58. The van der Waals surface area contributed by atoms with Crippen molar-refractivity contribution in [1.29, 1.82) is 0 Å². The van der Waals surface area contributed by atoms with Crippen LogP contribution in [0.15, 0.2) is 46.2 Å². The number of hydrogen-bond donors (Lipinski definition) is 1. The van der Waals surface area contributed by atoms with Crippen molar-refractivity contribution in [1.82, 2.24) is 0 Å². The molecule has 0 aliphatic rings. The average molecular weight is 267 g/mol. The molecule has 0 amide bonds. The van der Waals surface area contributed by atoms with Crippen LogP contribution < -0.4 is 10.5 Å². The minimum atomic E-state index is -0.939. The normalized spacial score (nSPS) is 10.4. The number of methoxy groups -OCH3 is 1. The molecule has 5 heteroatoms. The molecule has 94 valence electrons. The van der Waals surface area contributed by atoms with Gasteiger partial charge in [0.15, 0.2) is 11.6 Å². The van der Waals surface area contributed by atoms with E-state index in [0.29, 0.717) is 10.6 Å². The van der Waals surface area contributed by atoms with E-state index in [0.717, 1.165) is 17.8 Å².